The zero-order chi connectivity index (χ0) is 28.7. The number of carbonyl (C=O) groups is 2. The summed E-state index contributed by atoms with van der Waals surface area (Å²) in [6.07, 6.45) is 0.740. The second-order valence-electron chi connectivity index (χ2n) is 9.34. The Bertz CT molecular complexity index is 1430. The van der Waals surface area contributed by atoms with Crippen molar-refractivity contribution < 1.29 is 18.0 Å². The van der Waals surface area contributed by atoms with Crippen molar-refractivity contribution in [3.05, 3.63) is 93.5 Å². The Morgan fingerprint density at radius 2 is 1.62 bits per heavy atom. The topological polar surface area (TPSA) is 86.8 Å². The lowest BCUT2D eigenvalue weighted by Crippen LogP contribution is -2.51. The Labute approximate surface area is 240 Å². The van der Waals surface area contributed by atoms with Crippen molar-refractivity contribution in [2.24, 2.45) is 0 Å². The molecule has 1 atom stereocenters. The van der Waals surface area contributed by atoms with Crippen LogP contribution in [-0.4, -0.2) is 44.3 Å². The van der Waals surface area contributed by atoms with E-state index in [0.717, 1.165) is 27.4 Å². The van der Waals surface area contributed by atoms with Gasteiger partial charge in [-0.15, -0.1) is 0 Å². The molecule has 0 radical (unpaired) electrons. The molecular formula is C29H33Cl2N3O4S. The molecule has 0 aliphatic carbocycles. The summed E-state index contributed by atoms with van der Waals surface area (Å²) >= 11 is 12.3. The van der Waals surface area contributed by atoms with E-state index in [2.05, 4.69) is 5.32 Å². The predicted molar refractivity (Wildman–Crippen MR) is 157 cm³/mol. The Balaban J connectivity index is 2.05. The van der Waals surface area contributed by atoms with Crippen molar-refractivity contribution >= 4 is 50.7 Å². The molecule has 208 valence electrons. The van der Waals surface area contributed by atoms with Crippen molar-refractivity contribution in [1.82, 2.24) is 10.2 Å². The maximum absolute atomic E-state index is 13.9. The van der Waals surface area contributed by atoms with Gasteiger partial charge in [0.15, 0.2) is 0 Å². The van der Waals surface area contributed by atoms with Crippen LogP contribution in [0.4, 0.5) is 5.69 Å². The average molecular weight is 591 g/mol. The van der Waals surface area contributed by atoms with Crippen LogP contribution in [0.15, 0.2) is 71.6 Å². The van der Waals surface area contributed by atoms with Gasteiger partial charge in [0.05, 0.1) is 20.6 Å². The lowest BCUT2D eigenvalue weighted by molar-refractivity contribution is -0.139. The van der Waals surface area contributed by atoms with Gasteiger partial charge in [-0.25, -0.2) is 8.42 Å². The number of halogens is 2. The van der Waals surface area contributed by atoms with Gasteiger partial charge in [-0.2, -0.15) is 0 Å². The SMILES string of the molecule is CCCNC(=O)[C@@H](C)N(Cc1ccccc1C)C(=O)CN(c1ccc(Cl)c(Cl)c1)S(=O)(=O)c1ccc(C)cc1. The smallest absolute Gasteiger partial charge is 0.264 e. The quantitative estimate of drug-likeness (QED) is 0.308. The third-order valence-electron chi connectivity index (χ3n) is 6.40. The first-order chi connectivity index (χ1) is 18.4. The molecule has 7 nitrogen and oxygen atoms in total. The summed E-state index contributed by atoms with van der Waals surface area (Å²) in [7, 11) is -4.19. The van der Waals surface area contributed by atoms with Gasteiger partial charge in [0.2, 0.25) is 11.8 Å². The molecular weight excluding hydrogens is 557 g/mol. The first-order valence-corrected chi connectivity index (χ1v) is 14.8. The number of anilines is 1. The van der Waals surface area contributed by atoms with Crippen LogP contribution in [0, 0.1) is 13.8 Å². The number of rotatable bonds is 11. The minimum absolute atomic E-state index is 0.0196. The molecule has 0 aromatic heterocycles. The van der Waals surface area contributed by atoms with Crippen LogP contribution >= 0.6 is 23.2 Å². The predicted octanol–water partition coefficient (Wildman–Crippen LogP) is 5.75. The molecule has 0 heterocycles. The molecule has 1 N–H and O–H groups in total. The number of carbonyl (C=O) groups excluding carboxylic acids is 2. The molecule has 10 heteroatoms. The lowest BCUT2D eigenvalue weighted by atomic mass is 10.1. The van der Waals surface area contributed by atoms with E-state index < -0.39 is 28.5 Å². The van der Waals surface area contributed by atoms with Crippen molar-refractivity contribution in [2.45, 2.75) is 51.6 Å². The third kappa shape index (κ3) is 7.53. The first-order valence-electron chi connectivity index (χ1n) is 12.6. The Morgan fingerprint density at radius 3 is 2.23 bits per heavy atom. The number of nitrogens with one attached hydrogen (secondary N) is 1. The monoisotopic (exact) mass is 589 g/mol. The van der Waals surface area contributed by atoms with E-state index in [1.54, 1.807) is 19.1 Å². The fourth-order valence-corrected chi connectivity index (χ4v) is 5.65. The minimum atomic E-state index is -4.19. The van der Waals surface area contributed by atoms with E-state index in [-0.39, 0.29) is 33.1 Å². The largest absolute Gasteiger partial charge is 0.354 e. The number of aryl methyl sites for hydroxylation is 2. The van der Waals surface area contributed by atoms with Crippen LogP contribution in [0.3, 0.4) is 0 Å². The van der Waals surface area contributed by atoms with Gasteiger partial charge >= 0.3 is 0 Å². The van der Waals surface area contributed by atoms with Crippen molar-refractivity contribution in [3.8, 4) is 0 Å². The fraction of sp³-hybridized carbons (Fsp3) is 0.310. The van der Waals surface area contributed by atoms with Gasteiger partial charge < -0.3 is 10.2 Å². The van der Waals surface area contributed by atoms with Gasteiger partial charge in [-0.05, 0) is 68.7 Å². The Kier molecular flexibility index (Phi) is 10.4. The zero-order valence-electron chi connectivity index (χ0n) is 22.4. The molecule has 0 saturated carbocycles. The maximum atomic E-state index is 13.9. The summed E-state index contributed by atoms with van der Waals surface area (Å²) in [6.45, 7) is 7.39. The molecule has 39 heavy (non-hydrogen) atoms. The molecule has 3 aromatic carbocycles. The minimum Gasteiger partial charge on any atom is -0.354 e. The van der Waals surface area contributed by atoms with E-state index in [9.17, 15) is 18.0 Å². The first kappa shape index (κ1) is 30.5. The molecule has 0 bridgehead atoms. The number of hydrogen-bond donors (Lipinski definition) is 1. The molecule has 0 fully saturated rings. The normalized spacial score (nSPS) is 12.1. The van der Waals surface area contributed by atoms with Gasteiger partial charge in [0, 0.05) is 13.1 Å². The molecule has 3 rings (SSSR count). The third-order valence-corrected chi connectivity index (χ3v) is 8.92. The highest BCUT2D eigenvalue weighted by atomic mass is 35.5. The van der Waals surface area contributed by atoms with E-state index in [1.807, 2.05) is 45.0 Å². The van der Waals surface area contributed by atoms with E-state index >= 15 is 0 Å². The number of benzene rings is 3. The van der Waals surface area contributed by atoms with Crippen molar-refractivity contribution in [3.63, 3.8) is 0 Å². The van der Waals surface area contributed by atoms with Gasteiger partial charge in [0.1, 0.15) is 12.6 Å². The van der Waals surface area contributed by atoms with E-state index in [0.29, 0.717) is 6.54 Å². The number of nitrogens with zero attached hydrogens (tertiary/aromatic N) is 2. The van der Waals surface area contributed by atoms with Crippen LogP contribution in [-0.2, 0) is 26.2 Å². The van der Waals surface area contributed by atoms with Crippen LogP contribution in [0.25, 0.3) is 0 Å². The highest BCUT2D eigenvalue weighted by Gasteiger charge is 2.32. The van der Waals surface area contributed by atoms with Gasteiger partial charge in [0.25, 0.3) is 10.0 Å². The second kappa shape index (κ2) is 13.3. The fourth-order valence-electron chi connectivity index (χ4n) is 3.96. The van der Waals surface area contributed by atoms with Crippen molar-refractivity contribution in [2.75, 3.05) is 17.4 Å². The van der Waals surface area contributed by atoms with Crippen LogP contribution < -0.4 is 9.62 Å². The molecule has 3 aromatic rings. The van der Waals surface area contributed by atoms with E-state index in [1.165, 1.54) is 35.2 Å². The summed E-state index contributed by atoms with van der Waals surface area (Å²) in [5.74, 6) is -0.861. The molecule has 0 aliphatic heterocycles. The summed E-state index contributed by atoms with van der Waals surface area (Å²) < 4.78 is 28.7. The summed E-state index contributed by atoms with van der Waals surface area (Å²) in [6, 6.07) is 17.4. The van der Waals surface area contributed by atoms with Crippen LogP contribution in [0.1, 0.15) is 37.0 Å². The van der Waals surface area contributed by atoms with Crippen LogP contribution in [0.5, 0.6) is 0 Å². The summed E-state index contributed by atoms with van der Waals surface area (Å²) in [5.41, 5.74) is 2.87. The second-order valence-corrected chi connectivity index (χ2v) is 12.0. The van der Waals surface area contributed by atoms with Crippen molar-refractivity contribution in [1.29, 1.82) is 0 Å². The lowest BCUT2D eigenvalue weighted by Gasteiger charge is -2.32. The summed E-state index contributed by atoms with van der Waals surface area (Å²) in [4.78, 5) is 28.3. The molecule has 2 amide bonds. The highest BCUT2D eigenvalue weighted by molar-refractivity contribution is 7.92. The molecule has 0 aliphatic rings. The highest BCUT2D eigenvalue weighted by Crippen LogP contribution is 2.31. The van der Waals surface area contributed by atoms with Gasteiger partial charge in [-0.3, -0.25) is 13.9 Å². The van der Waals surface area contributed by atoms with Gasteiger partial charge in [-0.1, -0.05) is 72.1 Å². The Morgan fingerprint density at radius 1 is 0.949 bits per heavy atom. The molecule has 0 unspecified atom stereocenters. The molecule has 0 spiro atoms. The zero-order valence-corrected chi connectivity index (χ0v) is 24.8. The number of sulfonamides is 1. The standard InChI is InChI=1S/C29H33Cl2N3O4S/c1-5-16-32-29(36)22(4)33(18-23-9-7-6-8-21(23)3)28(35)19-34(24-12-15-26(30)27(31)17-24)39(37,38)25-13-10-20(2)11-14-25/h6-15,17,22H,5,16,18-19H2,1-4H3,(H,32,36)/t22-/m1/s1. The average Bonchev–Trinajstić information content (AvgIpc) is 2.91. The number of amides is 2. The number of hydrogen-bond acceptors (Lipinski definition) is 4. The molecule has 0 saturated heterocycles. The van der Waals surface area contributed by atoms with E-state index in [4.69, 9.17) is 23.2 Å². The van der Waals surface area contributed by atoms with Crippen LogP contribution in [0.2, 0.25) is 10.0 Å². The Hall–Kier alpha value is -3.07. The maximum Gasteiger partial charge on any atom is 0.264 e. The summed E-state index contributed by atoms with van der Waals surface area (Å²) in [5, 5.41) is 3.23.